The summed E-state index contributed by atoms with van der Waals surface area (Å²) in [7, 11) is 0. The molecule has 8 heteroatoms. The molecule has 0 fully saturated rings. The van der Waals surface area contributed by atoms with Crippen LogP contribution in [0.1, 0.15) is 24.2 Å². The summed E-state index contributed by atoms with van der Waals surface area (Å²) in [5.41, 5.74) is 2.52. The first-order valence-corrected chi connectivity index (χ1v) is 8.88. The lowest BCUT2D eigenvalue weighted by molar-refractivity contribution is -0.119. The summed E-state index contributed by atoms with van der Waals surface area (Å²) in [6.45, 7) is 4.26. The lowest BCUT2D eigenvalue weighted by Crippen LogP contribution is -2.23. The van der Waals surface area contributed by atoms with E-state index in [1.807, 2.05) is 31.2 Å². The predicted octanol–water partition coefficient (Wildman–Crippen LogP) is 4.05. The molecule has 3 aromatic rings. The Morgan fingerprint density at radius 1 is 1.40 bits per heavy atom. The van der Waals surface area contributed by atoms with Crippen LogP contribution >= 0.6 is 27.5 Å². The molecular formula is C17H17BrClN5O. The Labute approximate surface area is 158 Å². The van der Waals surface area contributed by atoms with Gasteiger partial charge in [0, 0.05) is 17.4 Å². The van der Waals surface area contributed by atoms with Gasteiger partial charge in [0.2, 0.25) is 5.91 Å². The molecule has 1 amide bonds. The maximum absolute atomic E-state index is 12.4. The molecule has 1 aromatic carbocycles. The lowest BCUT2D eigenvalue weighted by Gasteiger charge is -2.11. The minimum absolute atomic E-state index is 0.155. The number of halogens is 2. The molecule has 1 atom stereocenters. The predicted molar refractivity (Wildman–Crippen MR) is 101 cm³/mol. The summed E-state index contributed by atoms with van der Waals surface area (Å²) in [5.74, 6) is -0.155. The van der Waals surface area contributed by atoms with E-state index in [4.69, 9.17) is 11.6 Å². The fourth-order valence-corrected chi connectivity index (χ4v) is 2.86. The molecule has 0 aliphatic heterocycles. The van der Waals surface area contributed by atoms with E-state index < -0.39 is 6.04 Å². The van der Waals surface area contributed by atoms with Crippen LogP contribution < -0.4 is 5.32 Å². The summed E-state index contributed by atoms with van der Waals surface area (Å²) in [6, 6.07) is 7.17. The standard InChI is InChI=1S/C17H17BrClN5O/c1-11-16(18)10-24(22-11)12(2)17(25)21-15-7-20-23(9-15)8-13-4-3-5-14(19)6-13/h3-7,9-10,12H,8H2,1-2H3,(H,21,25)/t12-/m1/s1. The summed E-state index contributed by atoms with van der Waals surface area (Å²) in [4.78, 5) is 12.4. The second kappa shape index (κ2) is 7.41. The number of hydrogen-bond donors (Lipinski definition) is 1. The largest absolute Gasteiger partial charge is 0.322 e. The van der Waals surface area contributed by atoms with E-state index in [1.54, 1.807) is 34.9 Å². The fourth-order valence-electron chi connectivity index (χ4n) is 2.36. The van der Waals surface area contributed by atoms with Crippen molar-refractivity contribution in [3.8, 4) is 0 Å². The molecule has 2 aromatic heterocycles. The Balaban J connectivity index is 1.65. The first kappa shape index (κ1) is 17.7. The number of rotatable bonds is 5. The number of aryl methyl sites for hydroxylation is 1. The highest BCUT2D eigenvalue weighted by atomic mass is 79.9. The molecule has 0 radical (unpaired) electrons. The SMILES string of the molecule is Cc1nn([C@H](C)C(=O)Nc2cnn(Cc3cccc(Cl)c3)c2)cc1Br. The van der Waals surface area contributed by atoms with E-state index in [1.165, 1.54) is 0 Å². The molecule has 6 nitrogen and oxygen atoms in total. The Bertz CT molecular complexity index is 885. The van der Waals surface area contributed by atoms with Gasteiger partial charge >= 0.3 is 0 Å². The summed E-state index contributed by atoms with van der Waals surface area (Å²) in [5, 5.41) is 12.1. The van der Waals surface area contributed by atoms with Crippen molar-refractivity contribution in [1.82, 2.24) is 19.6 Å². The molecule has 25 heavy (non-hydrogen) atoms. The van der Waals surface area contributed by atoms with Gasteiger partial charge in [-0.15, -0.1) is 0 Å². The number of nitrogens with zero attached hydrogens (tertiary/aromatic N) is 4. The molecule has 0 aliphatic rings. The topological polar surface area (TPSA) is 64.7 Å². The molecule has 0 saturated heterocycles. The molecule has 130 valence electrons. The van der Waals surface area contributed by atoms with Gasteiger partial charge in [-0.1, -0.05) is 23.7 Å². The lowest BCUT2D eigenvalue weighted by atomic mass is 10.2. The molecule has 0 saturated carbocycles. The second-order valence-electron chi connectivity index (χ2n) is 5.76. The van der Waals surface area contributed by atoms with Crippen molar-refractivity contribution in [3.05, 3.63) is 63.6 Å². The van der Waals surface area contributed by atoms with Crippen LogP contribution in [0.15, 0.2) is 47.3 Å². The van der Waals surface area contributed by atoms with Crippen molar-refractivity contribution >= 4 is 39.1 Å². The smallest absolute Gasteiger partial charge is 0.249 e. The molecule has 0 unspecified atom stereocenters. The van der Waals surface area contributed by atoms with E-state index in [-0.39, 0.29) is 5.91 Å². The van der Waals surface area contributed by atoms with Gasteiger partial charge in [0.05, 0.1) is 28.6 Å². The first-order chi connectivity index (χ1) is 11.9. The highest BCUT2D eigenvalue weighted by Crippen LogP contribution is 2.18. The zero-order valence-electron chi connectivity index (χ0n) is 13.8. The van der Waals surface area contributed by atoms with Crippen LogP contribution in [0.2, 0.25) is 5.02 Å². The van der Waals surface area contributed by atoms with E-state index in [2.05, 4.69) is 31.4 Å². The fraction of sp³-hybridized carbons (Fsp3) is 0.235. The minimum Gasteiger partial charge on any atom is -0.322 e. The maximum Gasteiger partial charge on any atom is 0.249 e. The van der Waals surface area contributed by atoms with Gasteiger partial charge in [-0.2, -0.15) is 10.2 Å². The van der Waals surface area contributed by atoms with Gasteiger partial charge in [0.25, 0.3) is 0 Å². The summed E-state index contributed by atoms with van der Waals surface area (Å²) in [6.07, 6.45) is 5.21. The number of amides is 1. The number of carbonyl (C=O) groups is 1. The number of nitrogens with one attached hydrogen (secondary N) is 1. The average molecular weight is 423 g/mol. The van der Waals surface area contributed by atoms with E-state index >= 15 is 0 Å². The van der Waals surface area contributed by atoms with Crippen LogP contribution in [0.4, 0.5) is 5.69 Å². The molecule has 0 aliphatic carbocycles. The van der Waals surface area contributed by atoms with Crippen LogP contribution in [0, 0.1) is 6.92 Å². The molecule has 2 heterocycles. The normalized spacial score (nSPS) is 12.2. The van der Waals surface area contributed by atoms with Gasteiger partial charge in [-0.3, -0.25) is 14.2 Å². The van der Waals surface area contributed by atoms with Gasteiger partial charge in [-0.25, -0.2) is 0 Å². The van der Waals surface area contributed by atoms with Crippen LogP contribution in [-0.4, -0.2) is 25.5 Å². The molecular weight excluding hydrogens is 406 g/mol. The van der Waals surface area contributed by atoms with Crippen LogP contribution in [0.25, 0.3) is 0 Å². The van der Waals surface area contributed by atoms with Crippen molar-refractivity contribution in [1.29, 1.82) is 0 Å². The third-order valence-electron chi connectivity index (χ3n) is 3.77. The van der Waals surface area contributed by atoms with Crippen LogP contribution in [0.3, 0.4) is 0 Å². The first-order valence-electron chi connectivity index (χ1n) is 7.71. The van der Waals surface area contributed by atoms with Crippen molar-refractivity contribution in [2.45, 2.75) is 26.4 Å². The highest BCUT2D eigenvalue weighted by Gasteiger charge is 2.17. The Morgan fingerprint density at radius 3 is 2.88 bits per heavy atom. The summed E-state index contributed by atoms with van der Waals surface area (Å²) < 4.78 is 4.26. The number of carbonyl (C=O) groups excluding carboxylic acids is 1. The van der Waals surface area contributed by atoms with Crippen molar-refractivity contribution in [2.75, 3.05) is 5.32 Å². The second-order valence-corrected chi connectivity index (χ2v) is 7.05. The molecule has 3 rings (SSSR count). The van der Waals surface area contributed by atoms with Crippen molar-refractivity contribution in [2.24, 2.45) is 0 Å². The molecule has 0 bridgehead atoms. The van der Waals surface area contributed by atoms with Gasteiger partial charge < -0.3 is 5.32 Å². The van der Waals surface area contributed by atoms with Crippen LogP contribution in [0.5, 0.6) is 0 Å². The van der Waals surface area contributed by atoms with E-state index in [0.717, 1.165) is 15.7 Å². The van der Waals surface area contributed by atoms with Crippen molar-refractivity contribution in [3.63, 3.8) is 0 Å². The molecule has 1 N–H and O–H groups in total. The van der Waals surface area contributed by atoms with Gasteiger partial charge in [-0.05, 0) is 47.5 Å². The average Bonchev–Trinajstić information content (AvgIpc) is 3.13. The van der Waals surface area contributed by atoms with Gasteiger partial charge in [0.1, 0.15) is 6.04 Å². The van der Waals surface area contributed by atoms with Crippen molar-refractivity contribution < 1.29 is 4.79 Å². The zero-order valence-corrected chi connectivity index (χ0v) is 16.1. The Hall–Kier alpha value is -2.12. The Kier molecular flexibility index (Phi) is 5.24. The number of benzene rings is 1. The third-order valence-corrected chi connectivity index (χ3v) is 4.78. The monoisotopic (exact) mass is 421 g/mol. The van der Waals surface area contributed by atoms with E-state index in [0.29, 0.717) is 17.3 Å². The van der Waals surface area contributed by atoms with E-state index in [9.17, 15) is 4.79 Å². The number of aromatic nitrogens is 4. The van der Waals surface area contributed by atoms with Gasteiger partial charge in [0.15, 0.2) is 0 Å². The maximum atomic E-state index is 12.4. The molecule has 0 spiro atoms. The zero-order chi connectivity index (χ0) is 18.0. The number of anilines is 1. The Morgan fingerprint density at radius 2 is 2.20 bits per heavy atom. The van der Waals surface area contributed by atoms with Crippen LogP contribution in [-0.2, 0) is 11.3 Å². The summed E-state index contributed by atoms with van der Waals surface area (Å²) >= 11 is 9.40. The third kappa shape index (κ3) is 4.29. The number of hydrogen-bond acceptors (Lipinski definition) is 3. The quantitative estimate of drug-likeness (QED) is 0.674. The minimum atomic E-state index is -0.429. The highest BCUT2D eigenvalue weighted by molar-refractivity contribution is 9.10.